The van der Waals surface area contributed by atoms with Crippen LogP contribution in [0.15, 0.2) is 47.4 Å². The van der Waals surface area contributed by atoms with E-state index >= 15 is 0 Å². The minimum atomic E-state index is -0.180. The fourth-order valence-corrected chi connectivity index (χ4v) is 3.15. The molecular formula is C17H14N2OS. The van der Waals surface area contributed by atoms with E-state index in [1.165, 1.54) is 22.5 Å². The van der Waals surface area contributed by atoms with Gasteiger partial charge in [-0.25, -0.2) is 0 Å². The molecule has 2 aromatic rings. The summed E-state index contributed by atoms with van der Waals surface area (Å²) >= 11 is 1.52. The van der Waals surface area contributed by atoms with Crippen molar-refractivity contribution in [3.05, 3.63) is 63.4 Å². The van der Waals surface area contributed by atoms with E-state index in [0.29, 0.717) is 13.1 Å². The minimum Gasteiger partial charge on any atom is -0.333 e. The number of benzene rings is 1. The van der Waals surface area contributed by atoms with Gasteiger partial charge in [0.05, 0.1) is 0 Å². The van der Waals surface area contributed by atoms with Crippen molar-refractivity contribution >= 4 is 23.3 Å². The Kier molecular flexibility index (Phi) is 3.85. The highest BCUT2D eigenvalue weighted by Crippen LogP contribution is 2.21. The van der Waals surface area contributed by atoms with E-state index in [1.807, 2.05) is 41.8 Å². The van der Waals surface area contributed by atoms with Crippen molar-refractivity contribution < 1.29 is 4.79 Å². The summed E-state index contributed by atoms with van der Waals surface area (Å²) in [6.45, 7) is 1.25. The summed E-state index contributed by atoms with van der Waals surface area (Å²) in [6.07, 6.45) is 2.52. The normalized spacial score (nSPS) is 14.4. The summed E-state index contributed by atoms with van der Waals surface area (Å²) < 4.78 is 0. The molecule has 0 saturated carbocycles. The Bertz CT molecular complexity index is 725. The van der Waals surface area contributed by atoms with Crippen LogP contribution in [0.3, 0.4) is 0 Å². The third-order valence-corrected chi connectivity index (χ3v) is 4.42. The van der Waals surface area contributed by atoms with Crippen LogP contribution >= 0.6 is 11.3 Å². The van der Waals surface area contributed by atoms with E-state index in [-0.39, 0.29) is 11.5 Å². The smallest absolute Gasteiger partial charge is 0.264 e. The molecule has 104 valence electrons. The first-order chi connectivity index (χ1) is 10.3. The topological polar surface area (TPSA) is 44.1 Å². The summed E-state index contributed by atoms with van der Waals surface area (Å²) in [5, 5.41) is 11.2. The van der Waals surface area contributed by atoms with Gasteiger partial charge in [0.2, 0.25) is 0 Å². The highest BCUT2D eigenvalue weighted by atomic mass is 32.1. The van der Waals surface area contributed by atoms with E-state index in [9.17, 15) is 10.1 Å². The molecule has 1 aromatic heterocycles. The van der Waals surface area contributed by atoms with Crippen LogP contribution in [-0.4, -0.2) is 17.4 Å². The highest BCUT2D eigenvalue weighted by molar-refractivity contribution is 7.10. The van der Waals surface area contributed by atoms with Crippen LogP contribution in [0.5, 0.6) is 0 Å². The van der Waals surface area contributed by atoms with Gasteiger partial charge in [0.1, 0.15) is 11.6 Å². The Morgan fingerprint density at radius 1 is 1.24 bits per heavy atom. The SMILES string of the molecule is N#C/C(=C\c1cccs1)C(=O)N1CCc2ccccc2C1. The third-order valence-electron chi connectivity index (χ3n) is 3.60. The van der Waals surface area contributed by atoms with Crippen molar-refractivity contribution in [2.75, 3.05) is 6.54 Å². The average Bonchev–Trinajstić information content (AvgIpc) is 3.04. The van der Waals surface area contributed by atoms with Crippen molar-refractivity contribution in [1.82, 2.24) is 4.90 Å². The molecular weight excluding hydrogens is 280 g/mol. The van der Waals surface area contributed by atoms with Crippen LogP contribution in [-0.2, 0) is 17.8 Å². The summed E-state index contributed by atoms with van der Waals surface area (Å²) in [7, 11) is 0. The van der Waals surface area contributed by atoms with Crippen LogP contribution in [0, 0.1) is 11.3 Å². The Labute approximate surface area is 127 Å². The Morgan fingerprint density at radius 3 is 2.76 bits per heavy atom. The maximum absolute atomic E-state index is 12.5. The van der Waals surface area contributed by atoms with Crippen molar-refractivity contribution in [2.45, 2.75) is 13.0 Å². The molecule has 0 unspecified atom stereocenters. The van der Waals surface area contributed by atoms with Gasteiger partial charge in [-0.3, -0.25) is 4.79 Å². The number of nitriles is 1. The second kappa shape index (κ2) is 5.94. The monoisotopic (exact) mass is 294 g/mol. The first-order valence-electron chi connectivity index (χ1n) is 6.79. The molecule has 3 rings (SSSR count). The average molecular weight is 294 g/mol. The number of nitrogens with zero attached hydrogens (tertiary/aromatic N) is 2. The molecule has 1 aliphatic heterocycles. The van der Waals surface area contributed by atoms with Gasteiger partial charge in [0.25, 0.3) is 5.91 Å². The quantitative estimate of drug-likeness (QED) is 0.630. The lowest BCUT2D eigenvalue weighted by Crippen LogP contribution is -2.36. The summed E-state index contributed by atoms with van der Waals surface area (Å²) in [6, 6.07) is 14.0. The molecule has 1 aliphatic rings. The van der Waals surface area contributed by atoms with Crippen molar-refractivity contribution in [1.29, 1.82) is 5.26 Å². The molecule has 0 radical (unpaired) electrons. The van der Waals surface area contributed by atoms with Gasteiger partial charge in [0, 0.05) is 18.0 Å². The molecule has 0 N–H and O–H groups in total. The van der Waals surface area contributed by atoms with E-state index in [1.54, 1.807) is 11.0 Å². The number of hydrogen-bond donors (Lipinski definition) is 0. The maximum Gasteiger partial charge on any atom is 0.264 e. The van der Waals surface area contributed by atoms with E-state index in [4.69, 9.17) is 0 Å². The van der Waals surface area contributed by atoms with Gasteiger partial charge in [-0.05, 0) is 35.1 Å². The van der Waals surface area contributed by atoms with Crippen LogP contribution in [0.25, 0.3) is 6.08 Å². The van der Waals surface area contributed by atoms with Crippen LogP contribution in [0.2, 0.25) is 0 Å². The van der Waals surface area contributed by atoms with E-state index in [0.717, 1.165) is 11.3 Å². The van der Waals surface area contributed by atoms with Crippen LogP contribution < -0.4 is 0 Å². The van der Waals surface area contributed by atoms with Crippen molar-refractivity contribution in [2.24, 2.45) is 0 Å². The fraction of sp³-hybridized carbons (Fsp3) is 0.176. The Hall–Kier alpha value is -2.38. The summed E-state index contributed by atoms with van der Waals surface area (Å²) in [5.41, 5.74) is 2.67. The van der Waals surface area contributed by atoms with Crippen LogP contribution in [0.4, 0.5) is 0 Å². The molecule has 3 nitrogen and oxygen atoms in total. The lowest BCUT2D eigenvalue weighted by molar-refractivity contribution is -0.127. The molecule has 4 heteroatoms. The molecule has 0 aliphatic carbocycles. The largest absolute Gasteiger partial charge is 0.333 e. The summed E-state index contributed by atoms with van der Waals surface area (Å²) in [4.78, 5) is 15.2. The molecule has 0 atom stereocenters. The molecule has 1 aromatic carbocycles. The number of fused-ring (bicyclic) bond motifs is 1. The Morgan fingerprint density at radius 2 is 2.05 bits per heavy atom. The molecule has 0 spiro atoms. The van der Waals surface area contributed by atoms with Gasteiger partial charge in [-0.2, -0.15) is 5.26 Å². The van der Waals surface area contributed by atoms with Crippen LogP contribution in [0.1, 0.15) is 16.0 Å². The molecule has 1 amide bonds. The standard InChI is InChI=1S/C17H14N2OS/c18-11-15(10-16-6-3-9-21-16)17(20)19-8-7-13-4-1-2-5-14(13)12-19/h1-6,9-10H,7-8,12H2/b15-10+. The van der Waals surface area contributed by atoms with Crippen molar-refractivity contribution in [3.63, 3.8) is 0 Å². The van der Waals surface area contributed by atoms with E-state index < -0.39 is 0 Å². The number of thiophene rings is 1. The molecule has 21 heavy (non-hydrogen) atoms. The fourth-order valence-electron chi connectivity index (χ4n) is 2.50. The predicted octanol–water partition coefficient (Wildman–Crippen LogP) is 3.24. The molecule has 0 fully saturated rings. The van der Waals surface area contributed by atoms with Gasteiger partial charge in [0.15, 0.2) is 0 Å². The number of amides is 1. The van der Waals surface area contributed by atoms with Crippen molar-refractivity contribution in [3.8, 4) is 6.07 Å². The van der Waals surface area contributed by atoms with Gasteiger partial charge in [-0.1, -0.05) is 30.3 Å². The zero-order valence-electron chi connectivity index (χ0n) is 11.5. The first kappa shape index (κ1) is 13.6. The molecule has 0 bridgehead atoms. The highest BCUT2D eigenvalue weighted by Gasteiger charge is 2.23. The number of carbonyl (C=O) groups excluding carboxylic acids is 1. The lowest BCUT2D eigenvalue weighted by Gasteiger charge is -2.28. The van der Waals surface area contributed by atoms with E-state index in [2.05, 4.69) is 6.07 Å². The second-order valence-corrected chi connectivity index (χ2v) is 5.91. The zero-order valence-corrected chi connectivity index (χ0v) is 12.3. The molecule has 2 heterocycles. The first-order valence-corrected chi connectivity index (χ1v) is 7.67. The van der Waals surface area contributed by atoms with Gasteiger partial charge >= 0.3 is 0 Å². The zero-order chi connectivity index (χ0) is 14.7. The predicted molar refractivity (Wildman–Crippen MR) is 83.5 cm³/mol. The number of rotatable bonds is 2. The van der Waals surface area contributed by atoms with Gasteiger partial charge in [-0.15, -0.1) is 11.3 Å². The number of carbonyl (C=O) groups is 1. The third kappa shape index (κ3) is 2.88. The summed E-state index contributed by atoms with van der Waals surface area (Å²) in [5.74, 6) is -0.180. The Balaban J connectivity index is 1.81. The second-order valence-electron chi connectivity index (χ2n) is 4.93. The maximum atomic E-state index is 12.5. The van der Waals surface area contributed by atoms with Gasteiger partial charge < -0.3 is 4.90 Å². The number of hydrogen-bond acceptors (Lipinski definition) is 3. The minimum absolute atomic E-state index is 0.180. The molecule has 0 saturated heterocycles. The lowest BCUT2D eigenvalue weighted by atomic mass is 9.99.